The summed E-state index contributed by atoms with van der Waals surface area (Å²) in [6.45, 7) is 17.0. The van der Waals surface area contributed by atoms with Gasteiger partial charge in [0.15, 0.2) is 56.1 Å². The minimum atomic E-state index is -2.27. The van der Waals surface area contributed by atoms with E-state index in [9.17, 15) is 137 Å². The molecule has 13 aliphatic rings. The topological polar surface area (TPSA) is 717 Å². The molecule has 12 fully saturated rings. The largest absolute Gasteiger partial charge is 0.479 e. The van der Waals surface area contributed by atoms with E-state index in [2.05, 4.69) is 26.8 Å². The number of aliphatic carboxylic acids is 1. The molecule has 0 bridgehead atoms. The average Bonchev–Trinajstić information content (AvgIpc) is 0.747. The molecule has 13 rings (SSSR count). The van der Waals surface area contributed by atoms with Gasteiger partial charge in [-0.3, -0.25) is 14.4 Å². The zero-order valence-corrected chi connectivity index (χ0v) is 79.7. The van der Waals surface area contributed by atoms with Crippen molar-refractivity contribution in [1.82, 2.24) is 0 Å². The number of allylic oxidation sites excluding steroid dienone is 2. The van der Waals surface area contributed by atoms with E-state index in [0.717, 1.165) is 11.9 Å². The smallest absolute Gasteiger partial charge is 0.335 e. The van der Waals surface area contributed by atoms with Gasteiger partial charge in [-0.1, -0.05) is 93.7 Å². The first kappa shape index (κ1) is 111. The number of carbonyl (C=O) groups is 5. The molecule has 46 heteroatoms. The highest BCUT2D eigenvalue weighted by Crippen LogP contribution is 2.76. The van der Waals surface area contributed by atoms with Crippen molar-refractivity contribution in [3.05, 3.63) is 11.6 Å². The van der Waals surface area contributed by atoms with Gasteiger partial charge in [0.25, 0.3) is 0 Å². The fourth-order valence-corrected chi connectivity index (χ4v) is 24.2. The fourth-order valence-electron chi connectivity index (χ4n) is 24.2. The molecule has 17 unspecified atom stereocenters. The molecule has 23 N–H and O–H groups in total. The van der Waals surface area contributed by atoms with Gasteiger partial charge in [0.2, 0.25) is 12.1 Å². The number of hydrogen-bond donors (Lipinski definition) is 23. The summed E-state index contributed by atoms with van der Waals surface area (Å²) in [5.74, 6) is -9.59. The third-order valence-electron chi connectivity index (χ3n) is 33.3. The van der Waals surface area contributed by atoms with E-state index in [4.69, 9.17) is 85.3 Å². The first-order valence-electron chi connectivity index (χ1n) is 48.3. The van der Waals surface area contributed by atoms with Crippen LogP contribution < -0.4 is 0 Å². The van der Waals surface area contributed by atoms with E-state index in [-0.39, 0.29) is 43.9 Å². The second-order valence-corrected chi connectivity index (χ2v) is 42.7. The van der Waals surface area contributed by atoms with Crippen molar-refractivity contribution in [1.29, 1.82) is 0 Å². The van der Waals surface area contributed by atoms with E-state index >= 15 is 4.79 Å². The maximum Gasteiger partial charge on any atom is 0.335 e. The Bertz CT molecular complexity index is 4120. The van der Waals surface area contributed by atoms with Crippen LogP contribution in [0.1, 0.15) is 179 Å². The number of ether oxygens (including phenoxy) is 18. The maximum atomic E-state index is 16.4. The Hall–Kier alpha value is -4.19. The Labute approximate surface area is 797 Å². The van der Waals surface area contributed by atoms with Gasteiger partial charge in [-0.05, 0) is 123 Å². The summed E-state index contributed by atoms with van der Waals surface area (Å²) < 4.78 is 108. The van der Waals surface area contributed by atoms with Crippen LogP contribution >= 0.6 is 0 Å². The van der Waals surface area contributed by atoms with Crippen LogP contribution in [0.2, 0.25) is 0 Å². The standard InChI is InChI=1S/C92H148O46/c1-13-37(3)47(127-55(102)25-42(98)24-48(38(4)14-2)138-92(120)36-123-50(30-94)74(92)114)23-41(97)26-56(103)130-68-40(6)126-81(72(64(68)111)135-79-63(110)60(107)67(39(5)125-79)131-78-66(113)69(46(100)32-122-78)132-83-75(115)90(119,34-96)35-124-83)137-84(118)91-22-21-85(7,8)27-44(91)43-15-16-52-86(9)19-18-54(87(10,33-95)51(86)17-20-88(52,11)89(43,12)28-53(91)101)129-82-73(136-80-62(109)59(106)58(105)49(29-93)128-80)70(65(112)71(134-82)76(116)117)133-77-61(108)57(104)45(99)31-121-77/h15,33,37-42,44-54,57-75,77-83,93-94,96-101,104-115,119-120H,13-14,16-32,34-36H2,1-12H3,(H,116,117)/t37-,38-,39?,40?,41-,42-,44?,45+,46?,47-,48-,49?,50-,51?,52?,53+,54-,57-,58-,59-,60+,61?,62?,63?,64?,65+,66-,67-,68+,69-,70-,71?,72+,73?,74?,75?,77-,78?,79-,80-,81-,82+,83-,86-,87-,88+,89+,90+,91+,92?/m0/s1. The lowest BCUT2D eigenvalue weighted by Gasteiger charge is -2.71. The minimum absolute atomic E-state index is 0.0116. The minimum Gasteiger partial charge on any atom is -0.479 e. The number of carboxylic acid groups (broad SMARTS) is 1. The molecule has 8 aliphatic heterocycles. The molecule has 4 saturated carbocycles. The summed E-state index contributed by atoms with van der Waals surface area (Å²) in [4.78, 5) is 72.1. The number of carboxylic acids is 1. The molecule has 0 spiro atoms. The van der Waals surface area contributed by atoms with Gasteiger partial charge in [-0.25, -0.2) is 4.79 Å². The predicted molar refractivity (Wildman–Crippen MR) is 458 cm³/mol. The average molecular weight is 1990 g/mol. The van der Waals surface area contributed by atoms with Gasteiger partial charge in [-0.15, -0.1) is 0 Å². The molecular weight excluding hydrogens is 1840 g/mol. The van der Waals surface area contributed by atoms with Crippen molar-refractivity contribution < 1.29 is 227 Å². The molecule has 0 aromatic carbocycles. The highest BCUT2D eigenvalue weighted by molar-refractivity contribution is 5.80. The Morgan fingerprint density at radius 1 is 0.514 bits per heavy atom. The van der Waals surface area contributed by atoms with Crippen LogP contribution in [0.5, 0.6) is 0 Å². The summed E-state index contributed by atoms with van der Waals surface area (Å²) in [6.07, 6.45) is -64.2. The lowest BCUT2D eigenvalue weighted by atomic mass is 9.33. The lowest BCUT2D eigenvalue weighted by molar-refractivity contribution is -0.391. The number of aliphatic hydroxyl groups is 22. The molecule has 0 amide bonds. The second-order valence-electron chi connectivity index (χ2n) is 42.7. The highest BCUT2D eigenvalue weighted by atomic mass is 16.8. The molecule has 0 aromatic rings. The molecule has 0 aromatic heterocycles. The third-order valence-corrected chi connectivity index (χ3v) is 33.3. The quantitative estimate of drug-likeness (QED) is 0.00702. The van der Waals surface area contributed by atoms with Crippen molar-refractivity contribution in [2.24, 2.45) is 62.1 Å². The zero-order valence-electron chi connectivity index (χ0n) is 79.7. The summed E-state index contributed by atoms with van der Waals surface area (Å²) in [5, 5.41) is 257. The van der Waals surface area contributed by atoms with Gasteiger partial charge >= 0.3 is 23.9 Å². The summed E-state index contributed by atoms with van der Waals surface area (Å²) >= 11 is 0. The molecular formula is C92H148O46. The molecule has 792 valence electrons. The molecule has 138 heavy (non-hydrogen) atoms. The van der Waals surface area contributed by atoms with E-state index < -0.39 is 378 Å². The molecule has 46 nitrogen and oxygen atoms in total. The van der Waals surface area contributed by atoms with Crippen molar-refractivity contribution in [3.63, 3.8) is 0 Å². The molecule has 0 radical (unpaired) electrons. The number of aliphatic hydroxyl groups excluding tert-OH is 20. The fraction of sp³-hybridized carbons (Fsp3) is 0.924. The number of carbonyl (C=O) groups excluding carboxylic acids is 4. The third kappa shape index (κ3) is 21.2. The summed E-state index contributed by atoms with van der Waals surface area (Å²) in [7, 11) is 0. The van der Waals surface area contributed by atoms with Crippen LogP contribution in [0, 0.1) is 62.1 Å². The SMILES string of the molecule is CC[C@H](C)[C@H](C[C@H](O)CC(=O)O[C@@H]1C(C)O[C@@H](OC(=O)[C@]23CCC(C)(C)CC2C2=CCC4[C@@]5(C)CC[C@H](O[C@@H]6OC(C(=O)O)[C@H](O)[C@H](O[C@@H]7OC[C@@H](O)[C@H](O)C7O)C6O[C@@H]6OC(CO)[C@H](O)[C@H](O)C6O)[C@@](C)(C=O)C5CC[C@@]4(C)[C@]2(C)C[C@H]3O)[C@H](O[C@@H]2OC(C)[C@H](OC3OCC(O)[C@H](O[C@@H]4OC[C@](O)(CO)C4O)[C@@H]3O)[C@H](O)C2O)C1O)OC(=O)C[C@@H](O)C[C@H](OC1(O)CO[C@@H](CO)C1O)[C@@H](C)CC. The zero-order chi connectivity index (χ0) is 101. The van der Waals surface area contributed by atoms with Crippen molar-refractivity contribution in [2.45, 2.75) is 424 Å². The van der Waals surface area contributed by atoms with E-state index in [1.807, 2.05) is 20.8 Å². The first-order chi connectivity index (χ1) is 64.7. The number of hydrogen-bond acceptors (Lipinski definition) is 45. The number of esters is 3. The molecule has 8 saturated heterocycles. The van der Waals surface area contributed by atoms with Gasteiger partial charge in [0.05, 0.1) is 101 Å². The molecule has 8 heterocycles. The number of rotatable bonds is 35. The Kier molecular flexibility index (Phi) is 35.1. The van der Waals surface area contributed by atoms with Crippen LogP contribution in [-0.4, -0.2) is 439 Å². The Morgan fingerprint density at radius 2 is 1.09 bits per heavy atom. The second kappa shape index (κ2) is 43.7. The summed E-state index contributed by atoms with van der Waals surface area (Å²) in [5.41, 5.74) is -7.71. The highest BCUT2D eigenvalue weighted by Gasteiger charge is 2.74. The number of fused-ring (bicyclic) bond motifs is 7. The Morgan fingerprint density at radius 3 is 1.72 bits per heavy atom. The van der Waals surface area contributed by atoms with Gasteiger partial charge < -0.3 is 208 Å². The predicted octanol–water partition coefficient (Wildman–Crippen LogP) is -5.68. The van der Waals surface area contributed by atoms with Crippen LogP contribution in [0.25, 0.3) is 0 Å². The first-order valence-corrected chi connectivity index (χ1v) is 48.3. The van der Waals surface area contributed by atoms with E-state index in [0.29, 0.717) is 51.4 Å². The van der Waals surface area contributed by atoms with Gasteiger partial charge in [-0.2, -0.15) is 0 Å². The molecule has 50 atom stereocenters. The number of aldehydes is 1. The van der Waals surface area contributed by atoms with Crippen molar-refractivity contribution >= 4 is 30.2 Å². The van der Waals surface area contributed by atoms with Gasteiger partial charge in [0, 0.05) is 12.8 Å². The van der Waals surface area contributed by atoms with Crippen LogP contribution in [0.4, 0.5) is 0 Å². The van der Waals surface area contributed by atoms with Crippen LogP contribution in [-0.2, 0) is 109 Å². The van der Waals surface area contributed by atoms with E-state index in [1.54, 1.807) is 27.7 Å². The van der Waals surface area contributed by atoms with Crippen LogP contribution in [0.15, 0.2) is 11.6 Å². The van der Waals surface area contributed by atoms with Crippen molar-refractivity contribution in [3.8, 4) is 0 Å². The normalized spacial score (nSPS) is 48.7. The van der Waals surface area contributed by atoms with Gasteiger partial charge in [0.1, 0.15) is 152 Å². The van der Waals surface area contributed by atoms with Crippen molar-refractivity contribution in [2.75, 3.05) is 46.2 Å². The maximum absolute atomic E-state index is 16.4. The molecule has 5 aliphatic carbocycles. The summed E-state index contributed by atoms with van der Waals surface area (Å²) in [6, 6.07) is 0. The monoisotopic (exact) mass is 1990 g/mol. The lowest BCUT2D eigenvalue weighted by Crippen LogP contribution is -2.69. The van der Waals surface area contributed by atoms with E-state index in [1.165, 1.54) is 13.8 Å². The van der Waals surface area contributed by atoms with Crippen LogP contribution in [0.3, 0.4) is 0 Å². The Balaban J connectivity index is 0.749.